The van der Waals surface area contributed by atoms with E-state index in [1.807, 2.05) is 12.1 Å². The van der Waals surface area contributed by atoms with Crippen molar-refractivity contribution < 1.29 is 18.7 Å². The Bertz CT molecular complexity index is 885. The first kappa shape index (κ1) is 18.2. The lowest BCUT2D eigenvalue weighted by molar-refractivity contribution is -0.130. The number of hydrazone groups is 1. The molecule has 2 aromatic carbocycles. The maximum absolute atomic E-state index is 13.5. The van der Waals surface area contributed by atoms with Crippen LogP contribution in [-0.4, -0.2) is 30.8 Å². The van der Waals surface area contributed by atoms with E-state index in [0.29, 0.717) is 17.9 Å². The number of benzene rings is 2. The van der Waals surface area contributed by atoms with Crippen LogP contribution in [0.15, 0.2) is 41.5 Å². The fourth-order valence-electron chi connectivity index (χ4n) is 2.97. The molecular weight excluding hydrogens is 359 g/mol. The standard InChI is InChI=1S/C19H18ClFN2O3/c1-11(24)23-17(13-4-6-15(21)14(20)8-13)10-16(22-23)12-5-7-18(25-2)19(9-12)26-3/h4-9,17H,10H2,1-3H3. The highest BCUT2D eigenvalue weighted by Crippen LogP contribution is 2.36. The van der Waals surface area contributed by atoms with Crippen LogP contribution in [0, 0.1) is 5.82 Å². The van der Waals surface area contributed by atoms with Gasteiger partial charge in [-0.15, -0.1) is 0 Å². The predicted octanol–water partition coefficient (Wildman–Crippen LogP) is 4.19. The van der Waals surface area contributed by atoms with Crippen molar-refractivity contribution in [1.29, 1.82) is 0 Å². The summed E-state index contributed by atoms with van der Waals surface area (Å²) in [5.41, 5.74) is 2.28. The predicted molar refractivity (Wildman–Crippen MR) is 97.4 cm³/mol. The first-order valence-electron chi connectivity index (χ1n) is 7.99. The summed E-state index contributed by atoms with van der Waals surface area (Å²) in [5, 5.41) is 5.88. The molecule has 0 bridgehead atoms. The summed E-state index contributed by atoms with van der Waals surface area (Å²) >= 11 is 5.90. The average Bonchev–Trinajstić information content (AvgIpc) is 3.09. The van der Waals surface area contributed by atoms with E-state index in [1.165, 1.54) is 24.1 Å². The zero-order valence-electron chi connectivity index (χ0n) is 14.6. The molecule has 7 heteroatoms. The number of halogens is 2. The molecule has 1 unspecified atom stereocenters. The van der Waals surface area contributed by atoms with E-state index in [9.17, 15) is 9.18 Å². The van der Waals surface area contributed by atoms with Crippen LogP contribution in [0.25, 0.3) is 0 Å². The Morgan fingerprint density at radius 2 is 1.92 bits per heavy atom. The number of rotatable bonds is 4. The SMILES string of the molecule is COc1ccc(C2=NN(C(C)=O)C(c3ccc(F)c(Cl)c3)C2)cc1OC. The van der Waals surface area contributed by atoms with Crippen LogP contribution >= 0.6 is 11.6 Å². The maximum Gasteiger partial charge on any atom is 0.240 e. The first-order valence-corrected chi connectivity index (χ1v) is 8.37. The Morgan fingerprint density at radius 3 is 2.54 bits per heavy atom. The topological polar surface area (TPSA) is 51.1 Å². The Kier molecular flexibility index (Phi) is 5.13. The zero-order chi connectivity index (χ0) is 18.8. The molecule has 0 fully saturated rings. The Balaban J connectivity index is 1.96. The third-order valence-electron chi connectivity index (χ3n) is 4.28. The maximum atomic E-state index is 13.5. The lowest BCUT2D eigenvalue weighted by Crippen LogP contribution is -2.24. The molecule has 5 nitrogen and oxygen atoms in total. The monoisotopic (exact) mass is 376 g/mol. The summed E-state index contributed by atoms with van der Waals surface area (Å²) in [6, 6.07) is 9.57. The number of hydrogen-bond donors (Lipinski definition) is 0. The van der Waals surface area contributed by atoms with Gasteiger partial charge in [0.2, 0.25) is 5.91 Å². The van der Waals surface area contributed by atoms with Gasteiger partial charge in [-0.25, -0.2) is 9.40 Å². The molecule has 1 amide bonds. The van der Waals surface area contributed by atoms with Crippen LogP contribution in [0.1, 0.15) is 30.5 Å². The third kappa shape index (κ3) is 3.37. The smallest absolute Gasteiger partial charge is 0.240 e. The van der Waals surface area contributed by atoms with Gasteiger partial charge >= 0.3 is 0 Å². The molecule has 0 radical (unpaired) electrons. The number of amides is 1. The molecule has 2 aromatic rings. The number of methoxy groups -OCH3 is 2. The van der Waals surface area contributed by atoms with Crippen molar-refractivity contribution in [2.24, 2.45) is 5.10 Å². The third-order valence-corrected chi connectivity index (χ3v) is 4.57. The number of carbonyl (C=O) groups excluding carboxylic acids is 1. The number of nitrogens with zero attached hydrogens (tertiary/aromatic N) is 2. The van der Waals surface area contributed by atoms with Gasteiger partial charge in [-0.2, -0.15) is 5.10 Å². The van der Waals surface area contributed by atoms with E-state index < -0.39 is 5.82 Å². The van der Waals surface area contributed by atoms with Crippen LogP contribution < -0.4 is 9.47 Å². The van der Waals surface area contributed by atoms with Gasteiger partial charge in [-0.3, -0.25) is 4.79 Å². The molecule has 1 aliphatic rings. The van der Waals surface area contributed by atoms with Gasteiger partial charge in [0, 0.05) is 18.9 Å². The molecule has 3 rings (SSSR count). The van der Waals surface area contributed by atoms with Crippen molar-refractivity contribution in [3.8, 4) is 11.5 Å². The molecule has 0 aromatic heterocycles. The van der Waals surface area contributed by atoms with E-state index >= 15 is 0 Å². The van der Waals surface area contributed by atoms with Crippen molar-refractivity contribution >= 4 is 23.2 Å². The Morgan fingerprint density at radius 1 is 1.19 bits per heavy atom. The highest BCUT2D eigenvalue weighted by Gasteiger charge is 2.32. The van der Waals surface area contributed by atoms with E-state index in [0.717, 1.165) is 16.8 Å². The molecular formula is C19H18ClFN2O3. The van der Waals surface area contributed by atoms with E-state index in [-0.39, 0.29) is 17.0 Å². The largest absolute Gasteiger partial charge is 0.493 e. The van der Waals surface area contributed by atoms with E-state index in [2.05, 4.69) is 5.10 Å². The second-order valence-corrected chi connectivity index (χ2v) is 6.28. The Hall–Kier alpha value is -2.60. The van der Waals surface area contributed by atoms with Crippen molar-refractivity contribution in [3.63, 3.8) is 0 Å². The van der Waals surface area contributed by atoms with Gasteiger partial charge in [0.1, 0.15) is 5.82 Å². The Labute approximate surface area is 156 Å². The van der Waals surface area contributed by atoms with Crippen LogP contribution in [-0.2, 0) is 4.79 Å². The van der Waals surface area contributed by atoms with E-state index in [4.69, 9.17) is 21.1 Å². The minimum atomic E-state index is -0.496. The molecule has 1 atom stereocenters. The van der Waals surface area contributed by atoms with Crippen molar-refractivity contribution in [1.82, 2.24) is 5.01 Å². The summed E-state index contributed by atoms with van der Waals surface area (Å²) < 4.78 is 24.1. The van der Waals surface area contributed by atoms with Crippen LogP contribution in [0.3, 0.4) is 0 Å². The molecule has 0 saturated heterocycles. The minimum Gasteiger partial charge on any atom is -0.493 e. The van der Waals surface area contributed by atoms with Gasteiger partial charge in [-0.05, 0) is 35.9 Å². The second-order valence-electron chi connectivity index (χ2n) is 5.87. The van der Waals surface area contributed by atoms with Gasteiger partial charge in [-0.1, -0.05) is 17.7 Å². The summed E-state index contributed by atoms with van der Waals surface area (Å²) in [4.78, 5) is 12.0. The van der Waals surface area contributed by atoms with Crippen LogP contribution in [0.5, 0.6) is 11.5 Å². The van der Waals surface area contributed by atoms with Gasteiger partial charge in [0.05, 0.1) is 31.0 Å². The lowest BCUT2D eigenvalue weighted by Gasteiger charge is -2.20. The quantitative estimate of drug-likeness (QED) is 0.803. The fourth-order valence-corrected chi connectivity index (χ4v) is 3.16. The molecule has 1 aliphatic heterocycles. The van der Waals surface area contributed by atoms with Crippen LogP contribution in [0.4, 0.5) is 4.39 Å². The van der Waals surface area contributed by atoms with Crippen molar-refractivity contribution in [3.05, 3.63) is 58.4 Å². The molecule has 0 saturated carbocycles. The van der Waals surface area contributed by atoms with Gasteiger partial charge in [0.25, 0.3) is 0 Å². The number of ether oxygens (including phenoxy) is 2. The molecule has 1 heterocycles. The second kappa shape index (κ2) is 7.33. The van der Waals surface area contributed by atoms with Crippen LogP contribution in [0.2, 0.25) is 5.02 Å². The summed E-state index contributed by atoms with van der Waals surface area (Å²) in [5.74, 6) is 0.491. The fraction of sp³-hybridized carbons (Fsp3) is 0.263. The highest BCUT2D eigenvalue weighted by molar-refractivity contribution is 6.30. The highest BCUT2D eigenvalue weighted by atomic mass is 35.5. The molecule has 26 heavy (non-hydrogen) atoms. The number of hydrogen-bond acceptors (Lipinski definition) is 4. The molecule has 0 spiro atoms. The zero-order valence-corrected chi connectivity index (χ0v) is 15.4. The molecule has 136 valence electrons. The van der Waals surface area contributed by atoms with Crippen molar-refractivity contribution in [2.45, 2.75) is 19.4 Å². The van der Waals surface area contributed by atoms with Gasteiger partial charge in [0.15, 0.2) is 11.5 Å². The van der Waals surface area contributed by atoms with E-state index in [1.54, 1.807) is 26.4 Å². The lowest BCUT2D eigenvalue weighted by atomic mass is 9.98. The minimum absolute atomic E-state index is 0.0190. The summed E-state index contributed by atoms with van der Waals surface area (Å²) in [6.07, 6.45) is 0.483. The van der Waals surface area contributed by atoms with Gasteiger partial charge < -0.3 is 9.47 Å². The summed E-state index contributed by atoms with van der Waals surface area (Å²) in [6.45, 7) is 1.44. The average molecular weight is 377 g/mol. The summed E-state index contributed by atoms with van der Waals surface area (Å²) in [7, 11) is 3.12. The first-order chi connectivity index (χ1) is 12.4. The molecule has 0 N–H and O–H groups in total. The van der Waals surface area contributed by atoms with Crippen molar-refractivity contribution in [2.75, 3.05) is 14.2 Å². The molecule has 0 aliphatic carbocycles. The number of carbonyl (C=O) groups is 1. The normalized spacial score (nSPS) is 16.4.